The molecular weight excluding hydrogens is 324 g/mol. The third kappa shape index (κ3) is 2.86. The fourth-order valence-electron chi connectivity index (χ4n) is 2.48. The number of fused-ring (bicyclic) bond motifs is 2. The zero-order valence-corrected chi connectivity index (χ0v) is 13.6. The summed E-state index contributed by atoms with van der Waals surface area (Å²) in [4.78, 5) is 0. The standard InChI is InChI=1S/C17H12N4S2/c22-17(18-12-8-9-15-16(10-12)21-23-20-15)19-14-7-3-5-11-4-1-2-6-13(11)14/h1-10H,(H2,18,19,22). The number of benzene rings is 3. The Hall–Kier alpha value is -2.57. The molecule has 4 aromatic rings. The molecule has 0 saturated heterocycles. The molecule has 112 valence electrons. The van der Waals surface area contributed by atoms with Crippen LogP contribution in [0.2, 0.25) is 0 Å². The second-order valence-corrected chi connectivity index (χ2v) is 6.01. The maximum Gasteiger partial charge on any atom is 0.175 e. The summed E-state index contributed by atoms with van der Waals surface area (Å²) in [5.74, 6) is 0. The van der Waals surface area contributed by atoms with E-state index >= 15 is 0 Å². The van der Waals surface area contributed by atoms with Crippen molar-refractivity contribution >= 4 is 62.2 Å². The molecule has 0 radical (unpaired) electrons. The van der Waals surface area contributed by atoms with Crippen molar-refractivity contribution in [2.75, 3.05) is 10.6 Å². The summed E-state index contributed by atoms with van der Waals surface area (Å²) in [6.45, 7) is 0. The molecule has 0 fully saturated rings. The minimum absolute atomic E-state index is 0.545. The minimum Gasteiger partial charge on any atom is -0.332 e. The Morgan fingerprint density at radius 2 is 1.70 bits per heavy atom. The number of hydrogen-bond donors (Lipinski definition) is 2. The fraction of sp³-hybridized carbons (Fsp3) is 0. The molecule has 0 bridgehead atoms. The first-order valence-corrected chi connectivity index (χ1v) is 8.21. The molecule has 1 heterocycles. The van der Waals surface area contributed by atoms with Crippen LogP contribution in [0, 0.1) is 0 Å². The van der Waals surface area contributed by atoms with Gasteiger partial charge in [-0.05, 0) is 41.9 Å². The molecule has 0 atom stereocenters. The van der Waals surface area contributed by atoms with Crippen LogP contribution in [0.15, 0.2) is 60.7 Å². The lowest BCUT2D eigenvalue weighted by Gasteiger charge is -2.12. The molecular formula is C17H12N4S2. The van der Waals surface area contributed by atoms with E-state index in [-0.39, 0.29) is 0 Å². The summed E-state index contributed by atoms with van der Waals surface area (Å²) in [7, 11) is 0. The molecule has 0 aliphatic heterocycles. The summed E-state index contributed by atoms with van der Waals surface area (Å²) < 4.78 is 8.43. The van der Waals surface area contributed by atoms with Crippen LogP contribution in [0.25, 0.3) is 21.8 Å². The Balaban J connectivity index is 1.57. The number of anilines is 2. The van der Waals surface area contributed by atoms with E-state index in [1.807, 2.05) is 42.5 Å². The highest BCUT2D eigenvalue weighted by Gasteiger charge is 2.05. The quantitative estimate of drug-likeness (QED) is 0.522. The largest absolute Gasteiger partial charge is 0.332 e. The smallest absolute Gasteiger partial charge is 0.175 e. The van der Waals surface area contributed by atoms with Crippen molar-refractivity contribution < 1.29 is 0 Å². The third-order valence-electron chi connectivity index (χ3n) is 3.55. The van der Waals surface area contributed by atoms with Gasteiger partial charge in [0.1, 0.15) is 11.0 Å². The zero-order chi connectivity index (χ0) is 15.6. The van der Waals surface area contributed by atoms with Crippen LogP contribution in [-0.2, 0) is 0 Å². The summed E-state index contributed by atoms with van der Waals surface area (Å²) in [6, 6.07) is 20.1. The molecule has 0 aliphatic carbocycles. The molecule has 0 unspecified atom stereocenters. The van der Waals surface area contributed by atoms with E-state index in [1.54, 1.807) is 0 Å². The van der Waals surface area contributed by atoms with Crippen molar-refractivity contribution in [1.29, 1.82) is 0 Å². The second-order valence-electron chi connectivity index (χ2n) is 5.07. The van der Waals surface area contributed by atoms with E-state index < -0.39 is 0 Å². The van der Waals surface area contributed by atoms with E-state index in [2.05, 4.69) is 37.6 Å². The highest BCUT2D eigenvalue weighted by Crippen LogP contribution is 2.23. The van der Waals surface area contributed by atoms with Crippen molar-refractivity contribution in [2.45, 2.75) is 0 Å². The predicted molar refractivity (Wildman–Crippen MR) is 101 cm³/mol. The lowest BCUT2D eigenvalue weighted by Crippen LogP contribution is -2.19. The molecule has 23 heavy (non-hydrogen) atoms. The maximum atomic E-state index is 5.43. The number of rotatable bonds is 2. The van der Waals surface area contributed by atoms with Gasteiger partial charge in [0.15, 0.2) is 5.11 Å². The number of nitrogens with zero attached hydrogens (tertiary/aromatic N) is 2. The summed E-state index contributed by atoms with van der Waals surface area (Å²) in [5, 5.41) is 9.32. The Morgan fingerprint density at radius 1 is 0.870 bits per heavy atom. The maximum absolute atomic E-state index is 5.43. The van der Waals surface area contributed by atoms with Gasteiger partial charge in [0.2, 0.25) is 0 Å². The van der Waals surface area contributed by atoms with Gasteiger partial charge in [-0.1, -0.05) is 36.4 Å². The van der Waals surface area contributed by atoms with Crippen molar-refractivity contribution in [1.82, 2.24) is 8.75 Å². The third-order valence-corrected chi connectivity index (χ3v) is 4.31. The van der Waals surface area contributed by atoms with Crippen LogP contribution >= 0.6 is 23.9 Å². The van der Waals surface area contributed by atoms with Crippen LogP contribution in [0.5, 0.6) is 0 Å². The molecule has 2 N–H and O–H groups in total. The van der Waals surface area contributed by atoms with E-state index in [1.165, 1.54) is 17.1 Å². The van der Waals surface area contributed by atoms with Crippen molar-refractivity contribution in [3.63, 3.8) is 0 Å². The van der Waals surface area contributed by atoms with Gasteiger partial charge in [-0.15, -0.1) is 0 Å². The highest BCUT2D eigenvalue weighted by molar-refractivity contribution is 7.80. The molecule has 1 aromatic heterocycles. The SMILES string of the molecule is S=C(Nc1ccc2nsnc2c1)Nc1cccc2ccccc12. The molecule has 0 amide bonds. The first-order valence-electron chi connectivity index (χ1n) is 7.08. The van der Waals surface area contributed by atoms with Crippen LogP contribution in [-0.4, -0.2) is 13.9 Å². The van der Waals surface area contributed by atoms with Crippen molar-refractivity contribution in [3.8, 4) is 0 Å². The van der Waals surface area contributed by atoms with Gasteiger partial charge < -0.3 is 10.6 Å². The Labute approximate surface area is 142 Å². The zero-order valence-electron chi connectivity index (χ0n) is 12.0. The van der Waals surface area contributed by atoms with E-state index in [4.69, 9.17) is 12.2 Å². The number of hydrogen-bond acceptors (Lipinski definition) is 4. The molecule has 0 aliphatic rings. The average molecular weight is 336 g/mol. The first kappa shape index (κ1) is 14.0. The minimum atomic E-state index is 0.545. The van der Waals surface area contributed by atoms with Crippen LogP contribution in [0.4, 0.5) is 11.4 Å². The van der Waals surface area contributed by atoms with Gasteiger partial charge in [-0.25, -0.2) is 0 Å². The van der Waals surface area contributed by atoms with Gasteiger partial charge in [0.05, 0.1) is 11.7 Å². The topological polar surface area (TPSA) is 49.8 Å². The lowest BCUT2D eigenvalue weighted by molar-refractivity contribution is 1.60. The predicted octanol–water partition coefficient (Wildman–Crippen LogP) is 4.65. The van der Waals surface area contributed by atoms with E-state index in [9.17, 15) is 0 Å². The molecule has 0 spiro atoms. The Kier molecular flexibility index (Phi) is 3.61. The lowest BCUT2D eigenvalue weighted by atomic mass is 10.1. The Bertz CT molecular complexity index is 1000. The molecule has 0 saturated carbocycles. The molecule has 6 heteroatoms. The van der Waals surface area contributed by atoms with E-state index in [0.717, 1.165) is 27.8 Å². The number of nitrogens with one attached hydrogen (secondary N) is 2. The molecule has 4 nitrogen and oxygen atoms in total. The van der Waals surface area contributed by atoms with Gasteiger partial charge in [0.25, 0.3) is 0 Å². The monoisotopic (exact) mass is 336 g/mol. The highest BCUT2D eigenvalue weighted by atomic mass is 32.1. The second kappa shape index (κ2) is 5.91. The molecule has 3 aromatic carbocycles. The van der Waals surface area contributed by atoms with Gasteiger partial charge in [-0.3, -0.25) is 0 Å². The van der Waals surface area contributed by atoms with Crippen molar-refractivity contribution in [2.24, 2.45) is 0 Å². The van der Waals surface area contributed by atoms with Gasteiger partial charge in [-0.2, -0.15) is 8.75 Å². The number of thiocarbonyl (C=S) groups is 1. The first-order chi connectivity index (χ1) is 11.3. The van der Waals surface area contributed by atoms with Gasteiger partial charge in [0, 0.05) is 16.8 Å². The molecule has 4 rings (SSSR count). The summed E-state index contributed by atoms with van der Waals surface area (Å²) in [6.07, 6.45) is 0. The Morgan fingerprint density at radius 3 is 2.65 bits per heavy atom. The van der Waals surface area contributed by atoms with Gasteiger partial charge >= 0.3 is 0 Å². The fourth-order valence-corrected chi connectivity index (χ4v) is 3.22. The summed E-state index contributed by atoms with van der Waals surface area (Å²) >= 11 is 6.64. The average Bonchev–Trinajstić information content (AvgIpc) is 3.03. The van der Waals surface area contributed by atoms with Crippen molar-refractivity contribution in [3.05, 3.63) is 60.7 Å². The van der Waals surface area contributed by atoms with Crippen LogP contribution in [0.1, 0.15) is 0 Å². The normalized spacial score (nSPS) is 10.8. The summed E-state index contributed by atoms with van der Waals surface area (Å²) in [5.41, 5.74) is 3.64. The van der Waals surface area contributed by atoms with Crippen LogP contribution in [0.3, 0.4) is 0 Å². The van der Waals surface area contributed by atoms with E-state index in [0.29, 0.717) is 5.11 Å². The van der Waals surface area contributed by atoms with Crippen LogP contribution < -0.4 is 10.6 Å². The number of aromatic nitrogens is 2.